The summed E-state index contributed by atoms with van der Waals surface area (Å²) in [4.78, 5) is 73.5. The van der Waals surface area contributed by atoms with Crippen LogP contribution in [0.4, 0.5) is 10.7 Å². The summed E-state index contributed by atoms with van der Waals surface area (Å²) < 4.78 is 5.30. The van der Waals surface area contributed by atoms with E-state index in [0.717, 1.165) is 0 Å². The maximum atomic E-state index is 12.0. The third kappa shape index (κ3) is 4.96. The van der Waals surface area contributed by atoms with Gasteiger partial charge in [0, 0.05) is 12.0 Å². The number of carbonyl (C=O) groups is 2. The van der Waals surface area contributed by atoms with E-state index in [2.05, 4.69) is 21.5 Å². The third-order valence-corrected chi connectivity index (χ3v) is 3.17. The summed E-state index contributed by atoms with van der Waals surface area (Å²) in [5.74, 6) is 8.74. The Morgan fingerprint density at radius 2 is 1.83 bits per heavy atom. The van der Waals surface area contributed by atoms with Gasteiger partial charge in [-0.2, -0.15) is 24.5 Å². The second kappa shape index (κ2) is 8.67. The van der Waals surface area contributed by atoms with E-state index < -0.39 is 41.0 Å². The number of esters is 1. The highest BCUT2D eigenvalue weighted by Gasteiger charge is 2.19. The molecule has 16 nitrogen and oxygen atoms in total. The first kappa shape index (κ1) is 21.1. The SMILES string of the molecule is C=C(C)C(=O)OCCc1nc(N(N)C(=O)NN)nc(-n2c(=O)[nH]c(=O)[nH]c2=O)n1. The van der Waals surface area contributed by atoms with Crippen molar-refractivity contribution in [3.8, 4) is 5.95 Å². The van der Waals surface area contributed by atoms with E-state index in [4.69, 9.17) is 16.4 Å². The quantitative estimate of drug-likeness (QED) is 0.102. The van der Waals surface area contributed by atoms with Crippen LogP contribution in [0.1, 0.15) is 12.7 Å². The largest absolute Gasteiger partial charge is 0.462 e. The number of nitrogens with zero attached hydrogens (tertiary/aromatic N) is 5. The minimum Gasteiger partial charge on any atom is -0.462 e. The molecule has 2 aromatic rings. The summed E-state index contributed by atoms with van der Waals surface area (Å²) >= 11 is 0. The van der Waals surface area contributed by atoms with Crippen molar-refractivity contribution in [1.82, 2.24) is 34.9 Å². The molecule has 0 fully saturated rings. The highest BCUT2D eigenvalue weighted by Crippen LogP contribution is 2.07. The second-order valence-corrected chi connectivity index (χ2v) is 5.36. The van der Waals surface area contributed by atoms with Crippen molar-refractivity contribution in [2.75, 3.05) is 11.6 Å². The van der Waals surface area contributed by atoms with E-state index >= 15 is 0 Å². The summed E-state index contributed by atoms with van der Waals surface area (Å²) in [5, 5.41) is 0.388. The Hall–Kier alpha value is -4.18. The van der Waals surface area contributed by atoms with Crippen LogP contribution in [0.3, 0.4) is 0 Å². The standard InChI is InChI=1S/C13H16N10O6/c1-5(2)7(24)29-4-3-6-16-8(18-9(17-6)23(15)13(28)21-14)22-11(26)19-10(25)20-12(22)27/h1,3-4,14-15H2,2H3,(H,21,28)(H2,19,20,25,26,27). The smallest absolute Gasteiger partial charge is 0.353 e. The number of amides is 2. The van der Waals surface area contributed by atoms with Crippen LogP contribution in [0.5, 0.6) is 0 Å². The van der Waals surface area contributed by atoms with Crippen LogP contribution in [-0.2, 0) is 16.0 Å². The van der Waals surface area contributed by atoms with Gasteiger partial charge in [0.1, 0.15) is 5.82 Å². The summed E-state index contributed by atoms with van der Waals surface area (Å²) in [6.45, 7) is 4.68. The Bertz CT molecular complexity index is 1100. The van der Waals surface area contributed by atoms with E-state index in [9.17, 15) is 24.0 Å². The number of nitrogens with one attached hydrogen (secondary N) is 3. The zero-order valence-electron chi connectivity index (χ0n) is 15.0. The molecule has 0 aliphatic carbocycles. The number of anilines is 1. The molecule has 0 atom stereocenters. The third-order valence-electron chi connectivity index (χ3n) is 3.17. The average molecular weight is 408 g/mol. The number of ether oxygens (including phenoxy) is 1. The molecule has 0 radical (unpaired) electrons. The van der Waals surface area contributed by atoms with Gasteiger partial charge >= 0.3 is 29.1 Å². The van der Waals surface area contributed by atoms with Crippen molar-refractivity contribution < 1.29 is 14.3 Å². The van der Waals surface area contributed by atoms with Crippen LogP contribution < -0.4 is 39.2 Å². The van der Waals surface area contributed by atoms with Crippen LogP contribution in [0.2, 0.25) is 0 Å². The maximum Gasteiger partial charge on any atom is 0.353 e. The number of hydrogen-bond donors (Lipinski definition) is 5. The van der Waals surface area contributed by atoms with Crippen LogP contribution in [-0.4, -0.2) is 48.1 Å². The molecule has 2 amide bonds. The number of hydrogen-bond acceptors (Lipinski definition) is 11. The molecule has 0 saturated heterocycles. The lowest BCUT2D eigenvalue weighted by Gasteiger charge is -2.15. The van der Waals surface area contributed by atoms with Gasteiger partial charge in [0.25, 0.3) is 5.95 Å². The summed E-state index contributed by atoms with van der Waals surface area (Å²) in [7, 11) is 0. The normalized spacial score (nSPS) is 10.3. The molecule has 154 valence electrons. The molecule has 29 heavy (non-hydrogen) atoms. The lowest BCUT2D eigenvalue weighted by Crippen LogP contribution is -2.49. The number of rotatable bonds is 6. The maximum absolute atomic E-state index is 12.0. The number of H-pyrrole nitrogens is 2. The highest BCUT2D eigenvalue weighted by molar-refractivity contribution is 5.88. The Morgan fingerprint density at radius 3 is 2.38 bits per heavy atom. The first-order chi connectivity index (χ1) is 13.6. The fraction of sp³-hybridized carbons (Fsp3) is 0.231. The molecule has 0 aliphatic heterocycles. The van der Waals surface area contributed by atoms with Gasteiger partial charge in [0.05, 0.1) is 6.61 Å². The van der Waals surface area contributed by atoms with E-state index in [1.54, 1.807) is 5.43 Å². The monoisotopic (exact) mass is 408 g/mol. The summed E-state index contributed by atoms with van der Waals surface area (Å²) in [6, 6.07) is -1.02. The first-order valence-electron chi connectivity index (χ1n) is 7.73. The molecular weight excluding hydrogens is 392 g/mol. The molecule has 16 heteroatoms. The first-order valence-corrected chi connectivity index (χ1v) is 7.73. The van der Waals surface area contributed by atoms with Crippen LogP contribution in [0.25, 0.3) is 5.95 Å². The predicted molar refractivity (Wildman–Crippen MR) is 95.5 cm³/mol. The Labute approximate surface area is 160 Å². The van der Waals surface area contributed by atoms with Gasteiger partial charge in [0.2, 0.25) is 5.95 Å². The molecule has 7 N–H and O–H groups in total. The van der Waals surface area contributed by atoms with Gasteiger partial charge in [-0.15, -0.1) is 0 Å². The van der Waals surface area contributed by atoms with Gasteiger partial charge in [-0.05, 0) is 6.92 Å². The fourth-order valence-corrected chi connectivity index (χ4v) is 1.84. The Kier molecular flexibility index (Phi) is 6.32. The van der Waals surface area contributed by atoms with Crippen molar-refractivity contribution in [3.05, 3.63) is 49.4 Å². The van der Waals surface area contributed by atoms with Gasteiger partial charge in [-0.3, -0.25) is 15.4 Å². The Morgan fingerprint density at radius 1 is 1.21 bits per heavy atom. The zero-order chi connectivity index (χ0) is 21.7. The minimum atomic E-state index is -1.15. The van der Waals surface area contributed by atoms with Crippen molar-refractivity contribution in [2.24, 2.45) is 11.7 Å². The predicted octanol–water partition coefficient (Wildman–Crippen LogP) is -3.68. The van der Waals surface area contributed by atoms with Gasteiger partial charge < -0.3 is 4.74 Å². The number of aromatic amines is 2. The molecule has 0 aromatic carbocycles. The number of nitrogens with two attached hydrogens (primary N) is 2. The van der Waals surface area contributed by atoms with E-state index in [1.807, 2.05) is 9.97 Å². The van der Waals surface area contributed by atoms with Gasteiger partial charge in [-0.25, -0.2) is 35.7 Å². The van der Waals surface area contributed by atoms with E-state index in [-0.39, 0.29) is 24.4 Å². The number of carbonyl (C=O) groups excluding carboxylic acids is 2. The molecule has 0 aliphatic rings. The molecule has 0 unspecified atom stereocenters. The number of hydrazine groups is 2. The highest BCUT2D eigenvalue weighted by atomic mass is 16.5. The van der Waals surface area contributed by atoms with E-state index in [1.165, 1.54) is 6.92 Å². The van der Waals surface area contributed by atoms with Crippen LogP contribution in [0, 0.1) is 0 Å². The molecule has 0 bridgehead atoms. The van der Waals surface area contributed by atoms with Crippen molar-refractivity contribution in [3.63, 3.8) is 0 Å². The van der Waals surface area contributed by atoms with Crippen LogP contribution in [0.15, 0.2) is 26.5 Å². The number of aromatic nitrogens is 6. The summed E-state index contributed by atoms with van der Waals surface area (Å²) in [5.41, 5.74) is -1.43. The molecule has 2 heterocycles. The van der Waals surface area contributed by atoms with Gasteiger partial charge in [-0.1, -0.05) is 6.58 Å². The Balaban J connectivity index is 2.51. The van der Waals surface area contributed by atoms with Crippen molar-refractivity contribution in [1.29, 1.82) is 0 Å². The minimum absolute atomic E-state index is 0.0997. The van der Waals surface area contributed by atoms with Gasteiger partial charge in [0.15, 0.2) is 0 Å². The molecule has 0 saturated carbocycles. The summed E-state index contributed by atoms with van der Waals surface area (Å²) in [6.07, 6.45) is -0.102. The van der Waals surface area contributed by atoms with E-state index in [0.29, 0.717) is 9.58 Å². The topological polar surface area (TPSA) is 237 Å². The zero-order valence-corrected chi connectivity index (χ0v) is 15.0. The van der Waals surface area contributed by atoms with Crippen LogP contribution >= 0.6 is 0 Å². The van der Waals surface area contributed by atoms with Crippen molar-refractivity contribution in [2.45, 2.75) is 13.3 Å². The second-order valence-electron chi connectivity index (χ2n) is 5.36. The lowest BCUT2D eigenvalue weighted by molar-refractivity contribution is -0.138. The fourth-order valence-electron chi connectivity index (χ4n) is 1.84. The molecular formula is C13H16N10O6. The molecule has 2 rings (SSSR count). The number of urea groups is 1. The lowest BCUT2D eigenvalue weighted by atomic mass is 10.3. The van der Waals surface area contributed by atoms with Crippen molar-refractivity contribution >= 4 is 17.9 Å². The molecule has 2 aromatic heterocycles. The molecule has 0 spiro atoms. The average Bonchev–Trinajstić information content (AvgIpc) is 2.65.